The fraction of sp³-hybridized carbons (Fsp3) is 0.769. The van der Waals surface area contributed by atoms with Gasteiger partial charge < -0.3 is 0 Å². The molecule has 0 fully saturated rings. The number of hydrogen-bond donors (Lipinski definition) is 0. The van der Waals surface area contributed by atoms with Gasteiger partial charge in [-0.05, 0) is 35.9 Å². The monoisotopic (exact) mass is 334 g/mol. The Hall–Kier alpha value is -0.0600. The predicted molar refractivity (Wildman–Crippen MR) is 77.7 cm³/mol. The third kappa shape index (κ3) is 5.32. The Morgan fingerprint density at radius 1 is 1.12 bits per heavy atom. The lowest BCUT2D eigenvalue weighted by molar-refractivity contribution is 0.521. The van der Waals surface area contributed by atoms with Gasteiger partial charge in [0.15, 0.2) is 0 Å². The fourth-order valence-electron chi connectivity index (χ4n) is 1.84. The molecule has 1 heterocycles. The molecule has 0 aromatic carbocycles. The van der Waals surface area contributed by atoms with Gasteiger partial charge in [-0.2, -0.15) is 5.10 Å². The number of halogens is 1. The van der Waals surface area contributed by atoms with Gasteiger partial charge in [-0.25, -0.2) is 0 Å². The van der Waals surface area contributed by atoms with E-state index in [2.05, 4.69) is 52.4 Å². The smallest absolute Gasteiger partial charge is 0.126 e. The van der Waals surface area contributed by atoms with Crippen molar-refractivity contribution < 1.29 is 0 Å². The molecular formula is C13H23IN2. The van der Waals surface area contributed by atoms with Crippen molar-refractivity contribution in [3.05, 3.63) is 15.5 Å². The molecule has 0 bridgehead atoms. The molecule has 0 N–H and O–H groups in total. The van der Waals surface area contributed by atoms with Gasteiger partial charge in [0.05, 0.1) is 0 Å². The van der Waals surface area contributed by atoms with Gasteiger partial charge >= 0.3 is 0 Å². The Labute approximate surface area is 113 Å². The van der Waals surface area contributed by atoms with Gasteiger partial charge in [0.1, 0.15) is 3.70 Å². The van der Waals surface area contributed by atoms with Crippen molar-refractivity contribution in [2.75, 3.05) is 0 Å². The van der Waals surface area contributed by atoms with E-state index in [0.29, 0.717) is 0 Å². The van der Waals surface area contributed by atoms with Crippen molar-refractivity contribution in [2.45, 2.75) is 65.3 Å². The highest BCUT2D eigenvalue weighted by molar-refractivity contribution is 14.1. The molecule has 0 aliphatic heterocycles. The van der Waals surface area contributed by atoms with Crippen LogP contribution in [0.4, 0.5) is 0 Å². The summed E-state index contributed by atoms with van der Waals surface area (Å²) in [4.78, 5) is 0. The summed E-state index contributed by atoms with van der Waals surface area (Å²) in [6.45, 7) is 5.47. The van der Waals surface area contributed by atoms with Crippen LogP contribution < -0.4 is 0 Å². The molecule has 92 valence electrons. The third-order valence-corrected chi connectivity index (χ3v) is 3.94. The molecule has 1 aromatic rings. The van der Waals surface area contributed by atoms with E-state index >= 15 is 0 Å². The van der Waals surface area contributed by atoms with Gasteiger partial charge in [0, 0.05) is 18.3 Å². The molecule has 16 heavy (non-hydrogen) atoms. The van der Waals surface area contributed by atoms with Crippen LogP contribution in [0, 0.1) is 10.6 Å². The summed E-state index contributed by atoms with van der Waals surface area (Å²) in [6.07, 6.45) is 11.7. The summed E-state index contributed by atoms with van der Waals surface area (Å²) in [7, 11) is 0. The minimum absolute atomic E-state index is 1.08. The van der Waals surface area contributed by atoms with Crippen LogP contribution in [0.1, 0.15) is 57.4 Å². The molecule has 3 heteroatoms. The molecule has 0 aliphatic rings. The molecule has 1 rings (SSSR count). The summed E-state index contributed by atoms with van der Waals surface area (Å²) < 4.78 is 3.23. The van der Waals surface area contributed by atoms with E-state index in [1.54, 1.807) is 0 Å². The SMILES string of the molecule is CCCCCCCCCn1cc(C)c(I)n1. The number of aromatic nitrogens is 2. The number of hydrogen-bond acceptors (Lipinski definition) is 1. The minimum Gasteiger partial charge on any atom is -0.271 e. The molecule has 2 nitrogen and oxygen atoms in total. The molecular weight excluding hydrogens is 311 g/mol. The molecule has 0 atom stereocenters. The van der Waals surface area contributed by atoms with E-state index in [9.17, 15) is 0 Å². The lowest BCUT2D eigenvalue weighted by Gasteiger charge is -2.01. The normalized spacial score (nSPS) is 10.9. The Morgan fingerprint density at radius 2 is 1.75 bits per heavy atom. The van der Waals surface area contributed by atoms with Crippen LogP contribution in [0.2, 0.25) is 0 Å². The average molecular weight is 334 g/mol. The maximum Gasteiger partial charge on any atom is 0.126 e. The van der Waals surface area contributed by atoms with Crippen molar-refractivity contribution in [2.24, 2.45) is 0 Å². The molecule has 1 aromatic heterocycles. The van der Waals surface area contributed by atoms with Crippen LogP contribution in [0.3, 0.4) is 0 Å². The highest BCUT2D eigenvalue weighted by atomic mass is 127. The van der Waals surface area contributed by atoms with Crippen LogP contribution in [0.25, 0.3) is 0 Å². The number of unbranched alkanes of at least 4 members (excludes halogenated alkanes) is 6. The van der Waals surface area contributed by atoms with Crippen molar-refractivity contribution >= 4 is 22.6 Å². The Balaban J connectivity index is 2.03. The van der Waals surface area contributed by atoms with Crippen molar-refractivity contribution in [1.29, 1.82) is 0 Å². The lowest BCUT2D eigenvalue weighted by Crippen LogP contribution is -1.98. The maximum absolute atomic E-state index is 4.46. The zero-order valence-electron chi connectivity index (χ0n) is 10.5. The highest BCUT2D eigenvalue weighted by Gasteiger charge is 2.00. The number of nitrogens with zero attached hydrogens (tertiary/aromatic N) is 2. The second-order valence-corrected chi connectivity index (χ2v) is 5.51. The molecule has 0 amide bonds. The van der Waals surface area contributed by atoms with E-state index in [4.69, 9.17) is 0 Å². The third-order valence-electron chi connectivity index (χ3n) is 2.88. The summed E-state index contributed by atoms with van der Waals surface area (Å²) in [6, 6.07) is 0. The first-order valence-electron chi connectivity index (χ1n) is 6.43. The van der Waals surface area contributed by atoms with Crippen molar-refractivity contribution in [3.8, 4) is 0 Å². The standard InChI is InChI=1S/C13H23IN2/c1-3-4-5-6-7-8-9-10-16-11-12(2)13(14)15-16/h11H,3-10H2,1-2H3. The molecule has 0 aliphatic carbocycles. The van der Waals surface area contributed by atoms with E-state index in [-0.39, 0.29) is 0 Å². The van der Waals surface area contributed by atoms with E-state index < -0.39 is 0 Å². The van der Waals surface area contributed by atoms with Gasteiger partial charge in [0.25, 0.3) is 0 Å². The van der Waals surface area contributed by atoms with Gasteiger partial charge in [-0.1, -0.05) is 45.4 Å². The van der Waals surface area contributed by atoms with Gasteiger partial charge in [-0.15, -0.1) is 0 Å². The quantitative estimate of drug-likeness (QED) is 0.504. The topological polar surface area (TPSA) is 17.8 Å². The Bertz CT molecular complexity index is 275. The molecule has 0 radical (unpaired) electrons. The van der Waals surface area contributed by atoms with Crippen LogP contribution in [-0.2, 0) is 6.54 Å². The maximum atomic E-state index is 4.46. The van der Waals surface area contributed by atoms with Crippen LogP contribution in [0.15, 0.2) is 6.20 Å². The molecule has 0 saturated carbocycles. The average Bonchev–Trinajstić information content (AvgIpc) is 2.57. The predicted octanol–water partition coefficient (Wildman–Crippen LogP) is 4.55. The second-order valence-electron chi connectivity index (χ2n) is 4.49. The Kier molecular flexibility index (Phi) is 7.08. The van der Waals surface area contributed by atoms with Crippen LogP contribution >= 0.6 is 22.6 Å². The molecule has 0 saturated heterocycles. The van der Waals surface area contributed by atoms with Crippen molar-refractivity contribution in [1.82, 2.24) is 9.78 Å². The lowest BCUT2D eigenvalue weighted by atomic mass is 10.1. The van der Waals surface area contributed by atoms with E-state index in [1.807, 2.05) is 0 Å². The van der Waals surface area contributed by atoms with Gasteiger partial charge in [-0.3, -0.25) is 4.68 Å². The summed E-state index contributed by atoms with van der Waals surface area (Å²) in [5, 5.41) is 4.46. The highest BCUT2D eigenvalue weighted by Crippen LogP contribution is 2.10. The molecule has 0 spiro atoms. The Morgan fingerprint density at radius 3 is 2.31 bits per heavy atom. The zero-order valence-corrected chi connectivity index (χ0v) is 12.7. The fourth-order valence-corrected chi connectivity index (χ4v) is 2.26. The second kappa shape index (κ2) is 8.09. The first kappa shape index (κ1) is 14.0. The van der Waals surface area contributed by atoms with Gasteiger partial charge in [0.2, 0.25) is 0 Å². The minimum atomic E-state index is 1.08. The first-order chi connectivity index (χ1) is 7.74. The van der Waals surface area contributed by atoms with Crippen molar-refractivity contribution in [3.63, 3.8) is 0 Å². The first-order valence-corrected chi connectivity index (χ1v) is 7.51. The van der Waals surface area contributed by atoms with Crippen LogP contribution in [-0.4, -0.2) is 9.78 Å². The summed E-state index contributed by atoms with van der Waals surface area (Å²) in [5.41, 5.74) is 1.29. The molecule has 0 unspecified atom stereocenters. The number of rotatable bonds is 8. The largest absolute Gasteiger partial charge is 0.271 e. The number of aryl methyl sites for hydroxylation is 2. The van der Waals surface area contributed by atoms with Crippen LogP contribution in [0.5, 0.6) is 0 Å². The zero-order chi connectivity index (χ0) is 11.8. The summed E-state index contributed by atoms with van der Waals surface area (Å²) in [5.74, 6) is 0. The van der Waals surface area contributed by atoms with E-state index in [1.165, 1.54) is 50.5 Å². The summed E-state index contributed by atoms with van der Waals surface area (Å²) >= 11 is 2.30. The van der Waals surface area contributed by atoms with E-state index in [0.717, 1.165) is 10.2 Å².